The number of benzene rings is 1. The smallest absolute Gasteiger partial charge is 0.253 e. The molecule has 2 fully saturated rings. The van der Waals surface area contributed by atoms with Crippen molar-refractivity contribution < 1.29 is 9.59 Å². The van der Waals surface area contributed by atoms with E-state index in [-0.39, 0.29) is 17.7 Å². The number of amides is 2. The normalized spacial score (nSPS) is 18.7. The average Bonchev–Trinajstić information content (AvgIpc) is 3.15. The van der Waals surface area contributed by atoms with Gasteiger partial charge in [-0.1, -0.05) is 0 Å². The standard InChI is InChI=1S/C18H21N3O2/c19-13-14-3-5-15(6-4-14)17(22)21-11-7-16(8-12-21)18(23)20-9-1-2-10-20/h3-6,16H,1-2,7-12H2. The molecule has 0 saturated carbocycles. The van der Waals surface area contributed by atoms with Crippen LogP contribution in [0.5, 0.6) is 0 Å². The number of nitrogens with zero attached hydrogens (tertiary/aromatic N) is 3. The van der Waals surface area contributed by atoms with E-state index in [0.717, 1.165) is 38.8 Å². The molecule has 0 unspecified atom stereocenters. The molecule has 5 heteroatoms. The van der Waals surface area contributed by atoms with Gasteiger partial charge in [-0.15, -0.1) is 0 Å². The lowest BCUT2D eigenvalue weighted by molar-refractivity contribution is -0.135. The summed E-state index contributed by atoms with van der Waals surface area (Å²) in [6, 6.07) is 8.77. The SMILES string of the molecule is N#Cc1ccc(C(=O)N2CCC(C(=O)N3CCCC3)CC2)cc1. The molecule has 3 rings (SSSR count). The van der Waals surface area contributed by atoms with Crippen molar-refractivity contribution in [1.82, 2.24) is 9.80 Å². The largest absolute Gasteiger partial charge is 0.342 e. The first-order valence-corrected chi connectivity index (χ1v) is 8.27. The third-order valence-corrected chi connectivity index (χ3v) is 4.81. The van der Waals surface area contributed by atoms with Crippen LogP contribution in [0.2, 0.25) is 0 Å². The van der Waals surface area contributed by atoms with Gasteiger partial charge in [-0.25, -0.2) is 0 Å². The molecule has 2 saturated heterocycles. The summed E-state index contributed by atoms with van der Waals surface area (Å²) in [6.45, 7) is 3.04. The summed E-state index contributed by atoms with van der Waals surface area (Å²) >= 11 is 0. The zero-order valence-corrected chi connectivity index (χ0v) is 13.2. The Balaban J connectivity index is 1.56. The zero-order chi connectivity index (χ0) is 16.2. The second-order valence-corrected chi connectivity index (χ2v) is 6.29. The first-order chi connectivity index (χ1) is 11.2. The first kappa shape index (κ1) is 15.5. The van der Waals surface area contributed by atoms with E-state index in [1.807, 2.05) is 9.80 Å². The fourth-order valence-corrected chi connectivity index (χ4v) is 3.40. The van der Waals surface area contributed by atoms with Gasteiger partial charge < -0.3 is 9.80 Å². The second-order valence-electron chi connectivity index (χ2n) is 6.29. The quantitative estimate of drug-likeness (QED) is 0.839. The van der Waals surface area contributed by atoms with E-state index in [1.165, 1.54) is 0 Å². The lowest BCUT2D eigenvalue weighted by atomic mass is 9.95. The van der Waals surface area contributed by atoms with Crippen LogP contribution >= 0.6 is 0 Å². The lowest BCUT2D eigenvalue weighted by Crippen LogP contribution is -2.43. The molecule has 5 nitrogen and oxygen atoms in total. The highest BCUT2D eigenvalue weighted by molar-refractivity contribution is 5.94. The molecule has 0 aliphatic carbocycles. The van der Waals surface area contributed by atoms with Crippen molar-refractivity contribution in [3.05, 3.63) is 35.4 Å². The van der Waals surface area contributed by atoms with E-state index in [0.29, 0.717) is 24.2 Å². The maximum atomic E-state index is 12.5. The van der Waals surface area contributed by atoms with Crippen LogP contribution in [0.3, 0.4) is 0 Å². The molecule has 0 radical (unpaired) electrons. The number of hydrogen-bond acceptors (Lipinski definition) is 3. The molecule has 1 aromatic carbocycles. The van der Waals surface area contributed by atoms with Gasteiger partial charge in [0.25, 0.3) is 5.91 Å². The van der Waals surface area contributed by atoms with Crippen LogP contribution in [0.15, 0.2) is 24.3 Å². The summed E-state index contributed by atoms with van der Waals surface area (Å²) in [6.07, 6.45) is 3.72. The maximum Gasteiger partial charge on any atom is 0.253 e. The van der Waals surface area contributed by atoms with E-state index in [9.17, 15) is 9.59 Å². The summed E-state index contributed by atoms with van der Waals surface area (Å²) in [5.41, 5.74) is 1.16. The number of carbonyl (C=O) groups excluding carboxylic acids is 2. The van der Waals surface area contributed by atoms with E-state index in [1.54, 1.807) is 24.3 Å². The highest BCUT2D eigenvalue weighted by atomic mass is 16.2. The van der Waals surface area contributed by atoms with E-state index in [4.69, 9.17) is 5.26 Å². The van der Waals surface area contributed by atoms with E-state index in [2.05, 4.69) is 6.07 Å². The van der Waals surface area contributed by atoms with Gasteiger partial charge in [0.15, 0.2) is 0 Å². The first-order valence-electron chi connectivity index (χ1n) is 8.27. The zero-order valence-electron chi connectivity index (χ0n) is 13.2. The molecule has 1 aromatic rings. The summed E-state index contributed by atoms with van der Waals surface area (Å²) < 4.78 is 0. The topological polar surface area (TPSA) is 64.4 Å². The molecule has 2 heterocycles. The highest BCUT2D eigenvalue weighted by Gasteiger charge is 2.31. The van der Waals surface area contributed by atoms with Crippen molar-refractivity contribution in [1.29, 1.82) is 5.26 Å². The fraction of sp³-hybridized carbons (Fsp3) is 0.500. The molecule has 0 atom stereocenters. The molecular weight excluding hydrogens is 290 g/mol. The second kappa shape index (κ2) is 6.82. The molecule has 0 spiro atoms. The minimum absolute atomic E-state index is 0.0124. The van der Waals surface area contributed by atoms with Gasteiger partial charge in [-0.3, -0.25) is 9.59 Å². The molecule has 2 aliphatic rings. The Labute approximate surface area is 136 Å². The average molecular weight is 311 g/mol. The van der Waals surface area contributed by atoms with Gasteiger partial charge in [0.05, 0.1) is 11.6 Å². The van der Waals surface area contributed by atoms with Gasteiger partial charge in [0, 0.05) is 37.7 Å². The highest BCUT2D eigenvalue weighted by Crippen LogP contribution is 2.23. The van der Waals surface area contributed by atoms with Gasteiger partial charge in [-0.05, 0) is 49.9 Å². The van der Waals surface area contributed by atoms with Crippen molar-refractivity contribution in [3.8, 4) is 6.07 Å². The van der Waals surface area contributed by atoms with E-state index >= 15 is 0 Å². The van der Waals surface area contributed by atoms with Gasteiger partial charge in [-0.2, -0.15) is 5.26 Å². The number of nitriles is 1. The third kappa shape index (κ3) is 3.37. The minimum Gasteiger partial charge on any atom is -0.342 e. The number of piperidine rings is 1. The Morgan fingerprint density at radius 3 is 2.13 bits per heavy atom. The van der Waals surface area contributed by atoms with Crippen LogP contribution in [0.25, 0.3) is 0 Å². The number of hydrogen-bond donors (Lipinski definition) is 0. The van der Waals surface area contributed by atoms with Crippen LogP contribution < -0.4 is 0 Å². The van der Waals surface area contributed by atoms with Crippen LogP contribution in [0.1, 0.15) is 41.6 Å². The molecule has 0 aromatic heterocycles. The third-order valence-electron chi connectivity index (χ3n) is 4.81. The lowest BCUT2D eigenvalue weighted by Gasteiger charge is -2.33. The van der Waals surface area contributed by atoms with Gasteiger partial charge >= 0.3 is 0 Å². The molecule has 2 aliphatic heterocycles. The Kier molecular flexibility index (Phi) is 4.61. The minimum atomic E-state index is -0.0124. The monoisotopic (exact) mass is 311 g/mol. The molecule has 0 bridgehead atoms. The van der Waals surface area contributed by atoms with E-state index < -0.39 is 0 Å². The summed E-state index contributed by atoms with van der Waals surface area (Å²) in [4.78, 5) is 28.7. The van der Waals surface area contributed by atoms with Crippen LogP contribution in [-0.4, -0.2) is 47.8 Å². The molecule has 23 heavy (non-hydrogen) atoms. The van der Waals surface area contributed by atoms with Crippen LogP contribution in [0, 0.1) is 17.2 Å². The predicted octanol–water partition coefficient (Wildman–Crippen LogP) is 2.03. The fourth-order valence-electron chi connectivity index (χ4n) is 3.40. The number of carbonyl (C=O) groups is 2. The maximum absolute atomic E-state index is 12.5. The molecular formula is C18H21N3O2. The number of rotatable bonds is 2. The Morgan fingerprint density at radius 2 is 1.57 bits per heavy atom. The van der Waals surface area contributed by atoms with Crippen molar-refractivity contribution in [2.45, 2.75) is 25.7 Å². The molecule has 0 N–H and O–H groups in total. The van der Waals surface area contributed by atoms with Gasteiger partial charge in [0.1, 0.15) is 0 Å². The van der Waals surface area contributed by atoms with Crippen molar-refractivity contribution >= 4 is 11.8 Å². The Hall–Kier alpha value is -2.35. The molecule has 120 valence electrons. The Bertz CT molecular complexity index is 619. The summed E-state index contributed by atoms with van der Waals surface area (Å²) in [5.74, 6) is 0.327. The van der Waals surface area contributed by atoms with Crippen molar-refractivity contribution in [2.75, 3.05) is 26.2 Å². The van der Waals surface area contributed by atoms with Crippen LogP contribution in [-0.2, 0) is 4.79 Å². The Morgan fingerprint density at radius 1 is 0.957 bits per heavy atom. The number of likely N-dealkylation sites (tertiary alicyclic amines) is 2. The van der Waals surface area contributed by atoms with Crippen molar-refractivity contribution in [3.63, 3.8) is 0 Å². The predicted molar refractivity (Wildman–Crippen MR) is 85.6 cm³/mol. The summed E-state index contributed by atoms with van der Waals surface area (Å²) in [5, 5.41) is 8.81. The van der Waals surface area contributed by atoms with Crippen molar-refractivity contribution in [2.24, 2.45) is 5.92 Å². The summed E-state index contributed by atoms with van der Waals surface area (Å²) in [7, 11) is 0. The van der Waals surface area contributed by atoms with Gasteiger partial charge in [0.2, 0.25) is 5.91 Å². The van der Waals surface area contributed by atoms with Crippen LogP contribution in [0.4, 0.5) is 0 Å². The molecule has 2 amide bonds.